The second-order valence-corrected chi connectivity index (χ2v) is 5.46. The zero-order valence-electron chi connectivity index (χ0n) is 11.0. The first kappa shape index (κ1) is 13.9. The lowest BCUT2D eigenvalue weighted by Crippen LogP contribution is -2.43. The van der Waals surface area contributed by atoms with Gasteiger partial charge in [0.25, 0.3) is 0 Å². The van der Waals surface area contributed by atoms with Crippen molar-refractivity contribution in [3.63, 3.8) is 0 Å². The molecule has 1 aromatic rings. The third-order valence-corrected chi connectivity index (χ3v) is 4.01. The fraction of sp³-hybridized carbons (Fsp3) is 0.429. The van der Waals surface area contributed by atoms with Gasteiger partial charge in [-0.05, 0) is 18.6 Å². The Morgan fingerprint density at radius 3 is 3.00 bits per heavy atom. The average Bonchev–Trinajstić information content (AvgIpc) is 2.42. The highest BCUT2D eigenvalue weighted by atomic mass is 32.2. The molecular weight excluding hydrogens is 260 g/mol. The topological polar surface area (TPSA) is 49.4 Å². The van der Waals surface area contributed by atoms with E-state index in [1.54, 1.807) is 4.90 Å². The van der Waals surface area contributed by atoms with E-state index in [0.29, 0.717) is 12.3 Å². The van der Waals surface area contributed by atoms with Crippen molar-refractivity contribution in [2.75, 3.05) is 23.7 Å². The van der Waals surface area contributed by atoms with Gasteiger partial charge in [0.2, 0.25) is 11.8 Å². The van der Waals surface area contributed by atoms with Crippen LogP contribution < -0.4 is 10.2 Å². The summed E-state index contributed by atoms with van der Waals surface area (Å²) in [4.78, 5) is 26.4. The van der Waals surface area contributed by atoms with Crippen LogP contribution in [0.5, 0.6) is 0 Å². The van der Waals surface area contributed by atoms with Gasteiger partial charge < -0.3 is 10.2 Å². The molecule has 2 rings (SSSR count). The highest BCUT2D eigenvalue weighted by molar-refractivity contribution is 8.00. The molecule has 102 valence electrons. The molecule has 0 bridgehead atoms. The maximum Gasteiger partial charge on any atom is 0.240 e. The number of carbonyl (C=O) groups excluding carboxylic acids is 2. The molecular formula is C14H18N2O2S. The first-order valence-corrected chi connectivity index (χ1v) is 7.50. The summed E-state index contributed by atoms with van der Waals surface area (Å²) in [5, 5.41) is 2.84. The van der Waals surface area contributed by atoms with E-state index >= 15 is 0 Å². The molecule has 0 saturated heterocycles. The lowest BCUT2D eigenvalue weighted by molar-refractivity contribution is -0.123. The monoisotopic (exact) mass is 278 g/mol. The summed E-state index contributed by atoms with van der Waals surface area (Å²) < 4.78 is 0. The van der Waals surface area contributed by atoms with Gasteiger partial charge in [-0.15, -0.1) is 11.8 Å². The Morgan fingerprint density at radius 1 is 1.42 bits per heavy atom. The Morgan fingerprint density at radius 2 is 2.21 bits per heavy atom. The number of anilines is 1. The number of hydrogen-bond acceptors (Lipinski definition) is 3. The molecule has 1 N–H and O–H groups in total. The molecule has 1 aromatic carbocycles. The van der Waals surface area contributed by atoms with Gasteiger partial charge in [-0.1, -0.05) is 25.5 Å². The average molecular weight is 278 g/mol. The van der Waals surface area contributed by atoms with E-state index in [2.05, 4.69) is 12.2 Å². The summed E-state index contributed by atoms with van der Waals surface area (Å²) in [6.45, 7) is 2.86. The Bertz CT molecular complexity index is 476. The number of amides is 2. The van der Waals surface area contributed by atoms with Crippen LogP contribution in [0.4, 0.5) is 5.69 Å². The standard InChI is InChI=1S/C14H18N2O2S/c1-2-3-8-15-13(17)9-16-11-6-4-5-7-12(11)19-10-14(16)18/h4-7H,2-3,8-10H2,1H3,(H,15,17). The van der Waals surface area contributed by atoms with Crippen LogP contribution >= 0.6 is 11.8 Å². The number of hydrogen-bond donors (Lipinski definition) is 1. The van der Waals surface area contributed by atoms with Crippen LogP contribution in [0.2, 0.25) is 0 Å². The number of unbranched alkanes of at least 4 members (excludes halogenated alkanes) is 1. The van der Waals surface area contributed by atoms with Crippen molar-refractivity contribution < 1.29 is 9.59 Å². The normalized spacial score (nSPS) is 14.2. The summed E-state index contributed by atoms with van der Waals surface area (Å²) in [7, 11) is 0. The van der Waals surface area contributed by atoms with Gasteiger partial charge in [0, 0.05) is 11.4 Å². The number of carbonyl (C=O) groups is 2. The largest absolute Gasteiger partial charge is 0.355 e. The molecule has 0 saturated carbocycles. The maximum atomic E-state index is 11.9. The molecule has 0 aliphatic carbocycles. The summed E-state index contributed by atoms with van der Waals surface area (Å²) in [6.07, 6.45) is 2.01. The van der Waals surface area contributed by atoms with Gasteiger partial charge in [0.15, 0.2) is 0 Å². The second-order valence-electron chi connectivity index (χ2n) is 4.44. The number of rotatable bonds is 5. The summed E-state index contributed by atoms with van der Waals surface area (Å²) in [6, 6.07) is 7.70. The van der Waals surface area contributed by atoms with E-state index < -0.39 is 0 Å². The minimum atomic E-state index is -0.0940. The molecule has 1 aliphatic rings. The molecule has 1 heterocycles. The molecule has 2 amide bonds. The predicted molar refractivity (Wildman–Crippen MR) is 77.4 cm³/mol. The molecule has 0 fully saturated rings. The van der Waals surface area contributed by atoms with Crippen LogP contribution in [-0.4, -0.2) is 30.7 Å². The summed E-state index contributed by atoms with van der Waals surface area (Å²) in [5.74, 6) is 0.303. The maximum absolute atomic E-state index is 11.9. The summed E-state index contributed by atoms with van der Waals surface area (Å²) >= 11 is 1.53. The number of fused-ring (bicyclic) bond motifs is 1. The van der Waals surface area contributed by atoms with E-state index in [-0.39, 0.29) is 18.4 Å². The first-order chi connectivity index (χ1) is 9.22. The van der Waals surface area contributed by atoms with Crippen LogP contribution in [0.3, 0.4) is 0 Å². The van der Waals surface area contributed by atoms with Crippen LogP contribution in [0.25, 0.3) is 0 Å². The summed E-state index contributed by atoms with van der Waals surface area (Å²) in [5.41, 5.74) is 0.842. The Balaban J connectivity index is 2.03. The molecule has 19 heavy (non-hydrogen) atoms. The van der Waals surface area contributed by atoms with Gasteiger partial charge in [-0.2, -0.15) is 0 Å². The molecule has 1 aliphatic heterocycles. The fourth-order valence-corrected chi connectivity index (χ4v) is 2.87. The van der Waals surface area contributed by atoms with Crippen molar-refractivity contribution >= 4 is 29.3 Å². The molecule has 0 aromatic heterocycles. The SMILES string of the molecule is CCCCNC(=O)CN1C(=O)CSc2ccccc21. The van der Waals surface area contributed by atoms with Gasteiger partial charge >= 0.3 is 0 Å². The number of nitrogens with one attached hydrogen (secondary N) is 1. The quantitative estimate of drug-likeness (QED) is 0.839. The zero-order chi connectivity index (χ0) is 13.7. The molecule has 0 unspecified atom stereocenters. The van der Waals surface area contributed by atoms with Crippen LogP contribution in [0, 0.1) is 0 Å². The Hall–Kier alpha value is -1.49. The van der Waals surface area contributed by atoms with E-state index in [1.165, 1.54) is 11.8 Å². The van der Waals surface area contributed by atoms with Crippen molar-refractivity contribution in [1.82, 2.24) is 5.32 Å². The van der Waals surface area contributed by atoms with Crippen molar-refractivity contribution in [3.05, 3.63) is 24.3 Å². The molecule has 0 radical (unpaired) electrons. The lowest BCUT2D eigenvalue weighted by atomic mass is 10.2. The lowest BCUT2D eigenvalue weighted by Gasteiger charge is -2.28. The fourth-order valence-electron chi connectivity index (χ4n) is 1.93. The van der Waals surface area contributed by atoms with Crippen LogP contribution in [0.15, 0.2) is 29.2 Å². The Kier molecular flexibility index (Phi) is 4.85. The highest BCUT2D eigenvalue weighted by Gasteiger charge is 2.25. The van der Waals surface area contributed by atoms with E-state index in [4.69, 9.17) is 0 Å². The third kappa shape index (κ3) is 3.50. The van der Waals surface area contributed by atoms with Gasteiger partial charge in [-0.25, -0.2) is 0 Å². The Labute approximate surface area is 117 Å². The smallest absolute Gasteiger partial charge is 0.240 e. The minimum absolute atomic E-state index is 0.00524. The predicted octanol–water partition coefficient (Wildman–Crippen LogP) is 2.04. The van der Waals surface area contributed by atoms with Crippen molar-refractivity contribution in [1.29, 1.82) is 0 Å². The molecule has 0 spiro atoms. The zero-order valence-corrected chi connectivity index (χ0v) is 11.8. The van der Waals surface area contributed by atoms with Crippen LogP contribution in [-0.2, 0) is 9.59 Å². The van der Waals surface area contributed by atoms with Gasteiger partial charge in [0.1, 0.15) is 6.54 Å². The second kappa shape index (κ2) is 6.61. The number of thioether (sulfide) groups is 1. The third-order valence-electron chi connectivity index (χ3n) is 2.96. The van der Waals surface area contributed by atoms with Crippen LogP contribution in [0.1, 0.15) is 19.8 Å². The molecule has 4 nitrogen and oxygen atoms in total. The van der Waals surface area contributed by atoms with E-state index in [0.717, 1.165) is 23.4 Å². The number of nitrogens with zero attached hydrogens (tertiary/aromatic N) is 1. The van der Waals surface area contributed by atoms with Crippen molar-refractivity contribution in [3.8, 4) is 0 Å². The molecule has 5 heteroatoms. The minimum Gasteiger partial charge on any atom is -0.355 e. The van der Waals surface area contributed by atoms with Crippen molar-refractivity contribution in [2.24, 2.45) is 0 Å². The van der Waals surface area contributed by atoms with Gasteiger partial charge in [0.05, 0.1) is 11.4 Å². The first-order valence-electron chi connectivity index (χ1n) is 6.51. The number of benzene rings is 1. The number of para-hydroxylation sites is 1. The van der Waals surface area contributed by atoms with Crippen molar-refractivity contribution in [2.45, 2.75) is 24.7 Å². The highest BCUT2D eigenvalue weighted by Crippen LogP contribution is 2.34. The van der Waals surface area contributed by atoms with E-state index in [9.17, 15) is 9.59 Å². The van der Waals surface area contributed by atoms with Gasteiger partial charge in [-0.3, -0.25) is 9.59 Å². The molecule has 0 atom stereocenters. The van der Waals surface area contributed by atoms with E-state index in [1.807, 2.05) is 24.3 Å².